The number of benzene rings is 2. The summed E-state index contributed by atoms with van der Waals surface area (Å²) in [5, 5.41) is 2.55. The number of para-hydroxylation sites is 1. The Morgan fingerprint density at radius 3 is 2.35 bits per heavy atom. The van der Waals surface area contributed by atoms with Crippen LogP contribution in [0.2, 0.25) is 0 Å². The predicted octanol–water partition coefficient (Wildman–Crippen LogP) is 1.18. The summed E-state index contributed by atoms with van der Waals surface area (Å²) in [6, 6.07) is 13.5. The van der Waals surface area contributed by atoms with E-state index in [1.165, 1.54) is 4.90 Å². The number of nitrogens with two attached hydrogens (primary N) is 1. The number of carbonyl (C=O) groups excluding carboxylic acids is 3. The second-order valence-electron chi connectivity index (χ2n) is 5.67. The molecule has 0 fully saturated rings. The predicted molar refractivity (Wildman–Crippen MR) is 96.8 cm³/mol. The van der Waals surface area contributed by atoms with Crippen molar-refractivity contribution in [2.75, 3.05) is 20.7 Å². The van der Waals surface area contributed by atoms with Crippen LogP contribution in [0.5, 0.6) is 5.75 Å². The van der Waals surface area contributed by atoms with Crippen LogP contribution >= 0.6 is 0 Å². The van der Waals surface area contributed by atoms with Crippen LogP contribution in [-0.2, 0) is 11.3 Å². The fourth-order valence-corrected chi connectivity index (χ4v) is 2.31. The molecule has 3 amide bonds. The fraction of sp³-hybridized carbons (Fsp3) is 0.211. The smallest absolute Gasteiger partial charge is 0.260 e. The number of hydrogen-bond acceptors (Lipinski definition) is 4. The van der Waals surface area contributed by atoms with Gasteiger partial charge in [0.15, 0.2) is 6.61 Å². The van der Waals surface area contributed by atoms with Crippen LogP contribution in [0.25, 0.3) is 0 Å². The summed E-state index contributed by atoms with van der Waals surface area (Å²) in [6.45, 7) is 0.158. The molecule has 0 saturated carbocycles. The number of rotatable bonds is 7. The quantitative estimate of drug-likeness (QED) is 0.779. The van der Waals surface area contributed by atoms with Gasteiger partial charge in [-0.15, -0.1) is 0 Å². The number of nitrogens with zero attached hydrogens (tertiary/aromatic N) is 1. The Hall–Kier alpha value is -3.35. The van der Waals surface area contributed by atoms with Gasteiger partial charge in [0.25, 0.3) is 17.7 Å². The first-order chi connectivity index (χ1) is 12.4. The van der Waals surface area contributed by atoms with Gasteiger partial charge < -0.3 is 20.7 Å². The van der Waals surface area contributed by atoms with Crippen LogP contribution < -0.4 is 15.8 Å². The van der Waals surface area contributed by atoms with E-state index in [4.69, 9.17) is 10.5 Å². The zero-order chi connectivity index (χ0) is 19.1. The summed E-state index contributed by atoms with van der Waals surface area (Å²) < 4.78 is 5.44. The minimum Gasteiger partial charge on any atom is -0.483 e. The van der Waals surface area contributed by atoms with Crippen molar-refractivity contribution >= 4 is 17.7 Å². The highest BCUT2D eigenvalue weighted by Crippen LogP contribution is 2.17. The Morgan fingerprint density at radius 2 is 1.73 bits per heavy atom. The minimum atomic E-state index is -0.613. The normalized spacial score (nSPS) is 10.1. The molecule has 2 aromatic carbocycles. The fourth-order valence-electron chi connectivity index (χ4n) is 2.31. The summed E-state index contributed by atoms with van der Waals surface area (Å²) in [5.74, 6) is -0.753. The summed E-state index contributed by atoms with van der Waals surface area (Å²) in [4.78, 5) is 36.6. The molecule has 0 aliphatic heterocycles. The zero-order valence-electron chi connectivity index (χ0n) is 14.7. The number of hydrogen-bond donors (Lipinski definition) is 2. The van der Waals surface area contributed by atoms with Crippen LogP contribution in [-0.4, -0.2) is 43.3 Å². The van der Waals surface area contributed by atoms with Crippen LogP contribution in [0, 0.1) is 0 Å². The molecule has 0 saturated heterocycles. The first-order valence-electron chi connectivity index (χ1n) is 7.99. The average molecular weight is 355 g/mol. The first kappa shape index (κ1) is 19.0. The first-order valence-corrected chi connectivity index (χ1v) is 7.99. The van der Waals surface area contributed by atoms with Crippen molar-refractivity contribution in [1.82, 2.24) is 10.2 Å². The van der Waals surface area contributed by atoms with E-state index in [0.29, 0.717) is 12.1 Å². The Bertz CT molecular complexity index is 803. The average Bonchev–Trinajstić information content (AvgIpc) is 2.66. The van der Waals surface area contributed by atoms with E-state index in [2.05, 4.69) is 5.32 Å². The third kappa shape index (κ3) is 4.83. The van der Waals surface area contributed by atoms with Crippen molar-refractivity contribution in [2.45, 2.75) is 6.54 Å². The van der Waals surface area contributed by atoms with Gasteiger partial charge in [0.05, 0.1) is 5.56 Å². The number of amides is 3. The Morgan fingerprint density at radius 1 is 1.08 bits per heavy atom. The number of primary amides is 1. The molecule has 7 nitrogen and oxygen atoms in total. The van der Waals surface area contributed by atoms with Gasteiger partial charge in [0, 0.05) is 26.2 Å². The second kappa shape index (κ2) is 8.66. The monoisotopic (exact) mass is 355 g/mol. The van der Waals surface area contributed by atoms with Crippen LogP contribution in [0.4, 0.5) is 0 Å². The molecule has 0 aromatic heterocycles. The molecule has 2 aromatic rings. The van der Waals surface area contributed by atoms with Gasteiger partial charge in [0.1, 0.15) is 5.75 Å². The Labute approximate surface area is 151 Å². The lowest BCUT2D eigenvalue weighted by atomic mass is 10.1. The van der Waals surface area contributed by atoms with Crippen molar-refractivity contribution in [1.29, 1.82) is 0 Å². The highest BCUT2D eigenvalue weighted by molar-refractivity contribution is 5.95. The SMILES string of the molecule is CNC(=O)c1ccc(CN(C)C(=O)COc2ccccc2C(N)=O)cc1. The van der Waals surface area contributed by atoms with Gasteiger partial charge in [-0.3, -0.25) is 14.4 Å². The molecule has 0 unspecified atom stereocenters. The van der Waals surface area contributed by atoms with Crippen molar-refractivity contribution in [3.8, 4) is 5.75 Å². The molecule has 0 aliphatic rings. The van der Waals surface area contributed by atoms with Gasteiger partial charge >= 0.3 is 0 Å². The van der Waals surface area contributed by atoms with Crippen molar-refractivity contribution < 1.29 is 19.1 Å². The molecule has 2 rings (SSSR count). The zero-order valence-corrected chi connectivity index (χ0v) is 14.7. The number of nitrogens with one attached hydrogen (secondary N) is 1. The summed E-state index contributed by atoms with van der Waals surface area (Å²) in [5.41, 5.74) is 6.95. The molecule has 7 heteroatoms. The maximum absolute atomic E-state index is 12.2. The van der Waals surface area contributed by atoms with E-state index in [0.717, 1.165) is 5.56 Å². The molecular weight excluding hydrogens is 334 g/mol. The minimum absolute atomic E-state index is 0.164. The highest BCUT2D eigenvalue weighted by Gasteiger charge is 2.14. The molecule has 136 valence electrons. The lowest BCUT2D eigenvalue weighted by Crippen LogP contribution is -2.31. The molecule has 0 heterocycles. The van der Waals surface area contributed by atoms with E-state index in [1.807, 2.05) is 0 Å². The Balaban J connectivity index is 1.94. The third-order valence-electron chi connectivity index (χ3n) is 3.79. The van der Waals surface area contributed by atoms with E-state index >= 15 is 0 Å². The third-order valence-corrected chi connectivity index (χ3v) is 3.79. The van der Waals surface area contributed by atoms with E-state index in [-0.39, 0.29) is 29.7 Å². The molecule has 0 bridgehead atoms. The lowest BCUT2D eigenvalue weighted by Gasteiger charge is -2.18. The molecule has 0 radical (unpaired) electrons. The molecule has 0 atom stereocenters. The highest BCUT2D eigenvalue weighted by atomic mass is 16.5. The summed E-state index contributed by atoms with van der Waals surface area (Å²) in [7, 11) is 3.22. The topological polar surface area (TPSA) is 102 Å². The standard InChI is InChI=1S/C19H21N3O4/c1-21-19(25)14-9-7-13(8-10-14)11-22(2)17(23)12-26-16-6-4-3-5-15(16)18(20)24/h3-10H,11-12H2,1-2H3,(H2,20,24)(H,21,25). The molecule has 0 spiro atoms. The molecular formula is C19H21N3O4. The van der Waals surface area contributed by atoms with E-state index < -0.39 is 5.91 Å². The Kier molecular flexibility index (Phi) is 6.32. The molecule has 26 heavy (non-hydrogen) atoms. The van der Waals surface area contributed by atoms with Crippen LogP contribution in [0.1, 0.15) is 26.3 Å². The van der Waals surface area contributed by atoms with E-state index in [9.17, 15) is 14.4 Å². The number of likely N-dealkylation sites (N-methyl/N-ethyl adjacent to an activating group) is 1. The molecule has 0 aliphatic carbocycles. The maximum Gasteiger partial charge on any atom is 0.260 e. The van der Waals surface area contributed by atoms with Crippen molar-refractivity contribution in [2.24, 2.45) is 5.73 Å². The summed E-state index contributed by atoms with van der Waals surface area (Å²) >= 11 is 0. The molecule has 3 N–H and O–H groups in total. The van der Waals surface area contributed by atoms with Gasteiger partial charge in [-0.1, -0.05) is 24.3 Å². The lowest BCUT2D eigenvalue weighted by molar-refractivity contribution is -0.132. The van der Waals surface area contributed by atoms with Gasteiger partial charge in [0.2, 0.25) is 0 Å². The van der Waals surface area contributed by atoms with Crippen molar-refractivity contribution in [3.63, 3.8) is 0 Å². The van der Waals surface area contributed by atoms with Crippen molar-refractivity contribution in [3.05, 3.63) is 65.2 Å². The van der Waals surface area contributed by atoms with Gasteiger partial charge in [-0.2, -0.15) is 0 Å². The van der Waals surface area contributed by atoms with Crippen LogP contribution in [0.3, 0.4) is 0 Å². The number of carbonyl (C=O) groups is 3. The largest absolute Gasteiger partial charge is 0.483 e. The van der Waals surface area contributed by atoms with Gasteiger partial charge in [-0.05, 0) is 29.8 Å². The second-order valence-corrected chi connectivity index (χ2v) is 5.67. The maximum atomic E-state index is 12.2. The summed E-state index contributed by atoms with van der Waals surface area (Å²) in [6.07, 6.45) is 0. The van der Waals surface area contributed by atoms with Gasteiger partial charge in [-0.25, -0.2) is 0 Å². The number of ether oxygens (including phenoxy) is 1. The van der Waals surface area contributed by atoms with Crippen LogP contribution in [0.15, 0.2) is 48.5 Å². The van der Waals surface area contributed by atoms with E-state index in [1.54, 1.807) is 62.6 Å².